The molecule has 1 aliphatic carbocycles. The lowest BCUT2D eigenvalue weighted by molar-refractivity contribution is -0.137. The molecule has 2 fully saturated rings. The molecule has 2 amide bonds. The molecule has 1 atom stereocenters. The van der Waals surface area contributed by atoms with E-state index in [0.717, 1.165) is 19.3 Å². The third-order valence-electron chi connectivity index (χ3n) is 4.73. The molecule has 7 heteroatoms. The van der Waals surface area contributed by atoms with E-state index in [-0.39, 0.29) is 17.7 Å². The van der Waals surface area contributed by atoms with Crippen molar-refractivity contribution in [2.24, 2.45) is 5.92 Å². The number of likely N-dealkylation sites (tertiary alicyclic amines) is 1. The van der Waals surface area contributed by atoms with E-state index in [0.29, 0.717) is 24.3 Å². The summed E-state index contributed by atoms with van der Waals surface area (Å²) in [5, 5.41) is 6.74. The minimum atomic E-state index is -0.473. The highest BCUT2D eigenvalue weighted by molar-refractivity contribution is 5.98. The molecule has 1 saturated heterocycles. The molecule has 1 N–H and O–H groups in total. The molecule has 2 aromatic rings. The maximum atomic E-state index is 14.3. The van der Waals surface area contributed by atoms with Gasteiger partial charge in [-0.15, -0.1) is 0 Å². The van der Waals surface area contributed by atoms with Crippen molar-refractivity contribution in [1.29, 1.82) is 0 Å². The Balaban J connectivity index is 1.47. The Morgan fingerprint density at radius 1 is 1.24 bits per heavy atom. The average Bonchev–Trinajstić information content (AvgIpc) is 3.10. The Kier molecular flexibility index (Phi) is 3.99. The number of nitrogens with one attached hydrogen (secondary N) is 1. The minimum absolute atomic E-state index is 0.0814. The number of nitrogens with zero attached hydrogens (tertiary/aromatic N) is 3. The summed E-state index contributed by atoms with van der Waals surface area (Å²) in [7, 11) is 0. The Morgan fingerprint density at radius 3 is 2.76 bits per heavy atom. The zero-order valence-corrected chi connectivity index (χ0v) is 13.7. The first-order valence-corrected chi connectivity index (χ1v) is 8.54. The van der Waals surface area contributed by atoms with E-state index in [1.807, 2.05) is 0 Å². The van der Waals surface area contributed by atoms with Crippen LogP contribution in [0.2, 0.25) is 0 Å². The third kappa shape index (κ3) is 3.14. The molecule has 1 aliphatic heterocycles. The highest BCUT2D eigenvalue weighted by Gasteiger charge is 2.40. The van der Waals surface area contributed by atoms with Gasteiger partial charge in [0.15, 0.2) is 5.82 Å². The Bertz CT molecular complexity index is 801. The summed E-state index contributed by atoms with van der Waals surface area (Å²) < 4.78 is 15.7. The molecule has 1 aromatic heterocycles. The molecule has 0 bridgehead atoms. The lowest BCUT2D eigenvalue weighted by Crippen LogP contribution is -2.43. The SMILES string of the molecule is O=C(Nc1ccc(-n2cccn2)c(F)c1)C1CCCN1C(=O)C1CC1. The van der Waals surface area contributed by atoms with Crippen LogP contribution in [-0.4, -0.2) is 39.1 Å². The van der Waals surface area contributed by atoms with Gasteiger partial charge in [-0.3, -0.25) is 9.59 Å². The van der Waals surface area contributed by atoms with Crippen LogP contribution in [0.15, 0.2) is 36.7 Å². The number of carbonyl (C=O) groups excluding carboxylic acids is 2. The largest absolute Gasteiger partial charge is 0.330 e. The van der Waals surface area contributed by atoms with Crippen molar-refractivity contribution in [2.45, 2.75) is 31.7 Å². The van der Waals surface area contributed by atoms with E-state index in [1.54, 1.807) is 35.5 Å². The minimum Gasteiger partial charge on any atom is -0.330 e. The predicted octanol–water partition coefficient (Wildman–Crippen LogP) is 2.35. The van der Waals surface area contributed by atoms with Crippen molar-refractivity contribution in [2.75, 3.05) is 11.9 Å². The molecular formula is C18H19FN4O2. The van der Waals surface area contributed by atoms with E-state index in [2.05, 4.69) is 10.4 Å². The van der Waals surface area contributed by atoms with Gasteiger partial charge in [0.25, 0.3) is 0 Å². The highest BCUT2D eigenvalue weighted by Crippen LogP contribution is 2.34. The van der Waals surface area contributed by atoms with Crippen LogP contribution in [-0.2, 0) is 9.59 Å². The molecule has 6 nitrogen and oxygen atoms in total. The standard InChI is InChI=1S/C18H19FN4O2/c19-14-11-13(6-7-15(14)23-10-2-8-20-23)21-17(24)16-3-1-9-22(16)18(25)12-4-5-12/h2,6-8,10-12,16H,1,3-5,9H2,(H,21,24). The van der Waals surface area contributed by atoms with Crippen molar-refractivity contribution in [3.63, 3.8) is 0 Å². The van der Waals surface area contributed by atoms with E-state index in [1.165, 1.54) is 10.7 Å². The smallest absolute Gasteiger partial charge is 0.247 e. The van der Waals surface area contributed by atoms with Crippen LogP contribution < -0.4 is 5.32 Å². The van der Waals surface area contributed by atoms with E-state index < -0.39 is 11.9 Å². The molecule has 1 unspecified atom stereocenters. The second kappa shape index (κ2) is 6.31. The van der Waals surface area contributed by atoms with Crippen LogP contribution in [0.5, 0.6) is 0 Å². The number of carbonyl (C=O) groups is 2. The average molecular weight is 342 g/mol. The summed E-state index contributed by atoms with van der Waals surface area (Å²) in [5.41, 5.74) is 0.693. The Labute approximate surface area is 144 Å². The predicted molar refractivity (Wildman–Crippen MR) is 89.6 cm³/mol. The van der Waals surface area contributed by atoms with Crippen molar-refractivity contribution < 1.29 is 14.0 Å². The molecule has 4 rings (SSSR count). The fraction of sp³-hybridized carbons (Fsp3) is 0.389. The quantitative estimate of drug-likeness (QED) is 0.927. The first kappa shape index (κ1) is 15.8. The van der Waals surface area contributed by atoms with Crippen LogP contribution in [0.3, 0.4) is 0 Å². The van der Waals surface area contributed by atoms with Gasteiger partial charge in [0.05, 0.1) is 0 Å². The fourth-order valence-corrected chi connectivity index (χ4v) is 3.28. The summed E-state index contributed by atoms with van der Waals surface area (Å²) >= 11 is 0. The molecular weight excluding hydrogens is 323 g/mol. The normalized spacial score (nSPS) is 19.9. The lowest BCUT2D eigenvalue weighted by atomic mass is 10.2. The number of hydrogen-bond acceptors (Lipinski definition) is 3. The summed E-state index contributed by atoms with van der Waals surface area (Å²) in [6.07, 6.45) is 6.53. The Morgan fingerprint density at radius 2 is 2.08 bits per heavy atom. The van der Waals surface area contributed by atoms with E-state index >= 15 is 0 Å². The van der Waals surface area contributed by atoms with Gasteiger partial charge >= 0.3 is 0 Å². The molecule has 130 valence electrons. The van der Waals surface area contributed by atoms with Gasteiger partial charge in [0, 0.05) is 30.5 Å². The number of anilines is 1. The van der Waals surface area contributed by atoms with Crippen molar-refractivity contribution in [3.05, 3.63) is 42.5 Å². The van der Waals surface area contributed by atoms with Gasteiger partial charge in [0.2, 0.25) is 11.8 Å². The Hall–Kier alpha value is -2.70. The van der Waals surface area contributed by atoms with E-state index in [4.69, 9.17) is 0 Å². The molecule has 1 saturated carbocycles. The summed E-state index contributed by atoms with van der Waals surface area (Å²) in [6.45, 7) is 0.625. The number of halogens is 1. The first-order valence-electron chi connectivity index (χ1n) is 8.54. The summed E-state index contributed by atoms with van der Waals surface area (Å²) in [6, 6.07) is 5.74. The molecule has 0 radical (unpaired) electrons. The maximum Gasteiger partial charge on any atom is 0.247 e. The molecule has 1 aromatic carbocycles. The highest BCUT2D eigenvalue weighted by atomic mass is 19.1. The topological polar surface area (TPSA) is 67.2 Å². The number of amides is 2. The summed E-state index contributed by atoms with van der Waals surface area (Å²) in [4.78, 5) is 26.5. The zero-order chi connectivity index (χ0) is 17.4. The second-order valence-corrected chi connectivity index (χ2v) is 6.57. The van der Waals surface area contributed by atoms with Crippen molar-refractivity contribution >= 4 is 17.5 Å². The number of benzene rings is 1. The summed E-state index contributed by atoms with van der Waals surface area (Å²) in [5.74, 6) is -0.548. The first-order chi connectivity index (χ1) is 12.1. The number of aromatic nitrogens is 2. The monoisotopic (exact) mass is 342 g/mol. The van der Waals surface area contributed by atoms with Gasteiger partial charge in [-0.25, -0.2) is 9.07 Å². The van der Waals surface area contributed by atoms with Gasteiger partial charge in [-0.1, -0.05) is 0 Å². The number of rotatable bonds is 4. The van der Waals surface area contributed by atoms with Crippen molar-refractivity contribution in [3.8, 4) is 5.69 Å². The van der Waals surface area contributed by atoms with Gasteiger partial charge in [-0.2, -0.15) is 5.10 Å². The zero-order valence-electron chi connectivity index (χ0n) is 13.7. The molecule has 2 heterocycles. The van der Waals surface area contributed by atoms with Crippen molar-refractivity contribution in [1.82, 2.24) is 14.7 Å². The molecule has 0 spiro atoms. The molecule has 2 aliphatic rings. The fourth-order valence-electron chi connectivity index (χ4n) is 3.28. The van der Waals surface area contributed by atoms with Gasteiger partial charge in [-0.05, 0) is 49.9 Å². The van der Waals surface area contributed by atoms with E-state index in [9.17, 15) is 14.0 Å². The van der Waals surface area contributed by atoms with Gasteiger partial charge < -0.3 is 10.2 Å². The lowest BCUT2D eigenvalue weighted by Gasteiger charge is -2.24. The second-order valence-electron chi connectivity index (χ2n) is 6.57. The third-order valence-corrected chi connectivity index (χ3v) is 4.73. The molecule has 25 heavy (non-hydrogen) atoms. The van der Waals surface area contributed by atoms with Crippen LogP contribution in [0.25, 0.3) is 5.69 Å². The van der Waals surface area contributed by atoms with Crippen LogP contribution in [0.1, 0.15) is 25.7 Å². The number of hydrogen-bond donors (Lipinski definition) is 1. The van der Waals surface area contributed by atoms with Crippen LogP contribution >= 0.6 is 0 Å². The maximum absolute atomic E-state index is 14.3. The van der Waals surface area contributed by atoms with Crippen LogP contribution in [0.4, 0.5) is 10.1 Å². The van der Waals surface area contributed by atoms with Crippen LogP contribution in [0, 0.1) is 11.7 Å². The van der Waals surface area contributed by atoms with Gasteiger partial charge in [0.1, 0.15) is 11.7 Å².